The topological polar surface area (TPSA) is 59.9 Å². The van der Waals surface area contributed by atoms with E-state index in [-0.39, 0.29) is 12.0 Å². The molecule has 0 unspecified atom stereocenters. The highest BCUT2D eigenvalue weighted by Gasteiger charge is 2.11. The molecule has 1 aromatic heterocycles. The van der Waals surface area contributed by atoms with E-state index in [4.69, 9.17) is 9.47 Å². The van der Waals surface area contributed by atoms with Crippen LogP contribution in [0, 0.1) is 6.92 Å². The second kappa shape index (κ2) is 7.78. The van der Waals surface area contributed by atoms with Crippen molar-refractivity contribution in [3.05, 3.63) is 45.6 Å². The number of aryl methyl sites for hydroxylation is 1. The maximum absolute atomic E-state index is 12.1. The Morgan fingerprint density at radius 2 is 2.09 bits per heavy atom. The number of nitrogens with one attached hydrogen (secondary N) is 1. The van der Waals surface area contributed by atoms with Gasteiger partial charge in [0.15, 0.2) is 11.5 Å². The molecule has 1 heterocycles. The van der Waals surface area contributed by atoms with Crippen LogP contribution in [0.2, 0.25) is 0 Å². The first-order valence-corrected chi connectivity index (χ1v) is 8.11. The average molecular weight is 332 g/mol. The zero-order valence-electron chi connectivity index (χ0n) is 13.6. The Labute approximate surface area is 139 Å². The molecule has 1 N–H and O–H groups in total. The van der Waals surface area contributed by atoms with E-state index < -0.39 is 0 Å². The number of rotatable bonds is 6. The first-order chi connectivity index (χ1) is 11.0. The maximum Gasteiger partial charge on any atom is 0.271 e. The van der Waals surface area contributed by atoms with Crippen LogP contribution in [-0.4, -0.2) is 25.3 Å². The number of carbonyl (C=O) groups excluding carboxylic acids is 1. The van der Waals surface area contributed by atoms with Crippen LogP contribution in [0.4, 0.5) is 0 Å². The molecular formula is C17H20N2O3S. The predicted octanol–water partition coefficient (Wildman–Crippen LogP) is 3.62. The summed E-state index contributed by atoms with van der Waals surface area (Å²) >= 11 is 1.57. The number of carbonyl (C=O) groups is 1. The lowest BCUT2D eigenvalue weighted by Crippen LogP contribution is -2.17. The Kier molecular flexibility index (Phi) is 5.76. The highest BCUT2D eigenvalue weighted by atomic mass is 32.1. The molecule has 0 aliphatic carbocycles. The highest BCUT2D eigenvalue weighted by molar-refractivity contribution is 7.11. The smallest absolute Gasteiger partial charge is 0.271 e. The number of hydrogen-bond donors (Lipinski definition) is 1. The van der Waals surface area contributed by atoms with E-state index in [1.165, 1.54) is 0 Å². The summed E-state index contributed by atoms with van der Waals surface area (Å²) in [6, 6.07) is 7.05. The van der Waals surface area contributed by atoms with E-state index in [1.54, 1.807) is 42.9 Å². The Morgan fingerprint density at radius 1 is 1.30 bits per heavy atom. The van der Waals surface area contributed by atoms with Crippen molar-refractivity contribution in [3.63, 3.8) is 0 Å². The zero-order valence-corrected chi connectivity index (χ0v) is 14.4. The van der Waals surface area contributed by atoms with Gasteiger partial charge in [0.25, 0.3) is 5.91 Å². The zero-order chi connectivity index (χ0) is 16.8. The number of benzene rings is 1. The van der Waals surface area contributed by atoms with E-state index in [9.17, 15) is 4.79 Å². The van der Waals surface area contributed by atoms with Crippen molar-refractivity contribution in [2.24, 2.45) is 5.10 Å². The monoisotopic (exact) mass is 332 g/mol. The standard InChI is InChI=1S/C17H20N2O3S/c1-11(2)22-14-6-5-13(9-15(14)21-4)17(20)19-18-10-16-12(3)7-8-23-16/h5-11H,1-4H3,(H,19,20)/b18-10-. The van der Waals surface area contributed by atoms with Gasteiger partial charge in [-0.3, -0.25) is 4.79 Å². The normalized spacial score (nSPS) is 11.0. The van der Waals surface area contributed by atoms with Crippen molar-refractivity contribution >= 4 is 23.5 Å². The fourth-order valence-electron chi connectivity index (χ4n) is 1.89. The largest absolute Gasteiger partial charge is 0.493 e. The average Bonchev–Trinajstić information content (AvgIpc) is 2.92. The van der Waals surface area contributed by atoms with Crippen molar-refractivity contribution < 1.29 is 14.3 Å². The van der Waals surface area contributed by atoms with Gasteiger partial charge in [0.05, 0.1) is 19.4 Å². The third-order valence-corrected chi connectivity index (χ3v) is 3.99. The van der Waals surface area contributed by atoms with Crippen LogP contribution in [-0.2, 0) is 0 Å². The molecule has 0 spiro atoms. The van der Waals surface area contributed by atoms with Gasteiger partial charge in [-0.2, -0.15) is 5.10 Å². The van der Waals surface area contributed by atoms with Gasteiger partial charge in [0.1, 0.15) is 0 Å². The molecule has 0 saturated carbocycles. The van der Waals surface area contributed by atoms with E-state index in [0.29, 0.717) is 17.1 Å². The molecule has 0 aliphatic rings. The molecule has 2 aromatic rings. The van der Waals surface area contributed by atoms with Gasteiger partial charge in [-0.05, 0) is 56.0 Å². The second-order valence-electron chi connectivity index (χ2n) is 5.20. The van der Waals surface area contributed by atoms with Crippen LogP contribution in [0.25, 0.3) is 0 Å². The van der Waals surface area contributed by atoms with Crippen molar-refractivity contribution in [1.82, 2.24) is 5.43 Å². The van der Waals surface area contributed by atoms with Crippen LogP contribution in [0.5, 0.6) is 11.5 Å². The summed E-state index contributed by atoms with van der Waals surface area (Å²) < 4.78 is 10.9. The fraction of sp³-hybridized carbons (Fsp3) is 0.294. The lowest BCUT2D eigenvalue weighted by Gasteiger charge is -2.14. The third-order valence-electron chi connectivity index (χ3n) is 3.04. The van der Waals surface area contributed by atoms with Crippen LogP contribution < -0.4 is 14.9 Å². The molecule has 0 fully saturated rings. The Morgan fingerprint density at radius 3 is 2.70 bits per heavy atom. The Hall–Kier alpha value is -2.34. The summed E-state index contributed by atoms with van der Waals surface area (Å²) in [5.41, 5.74) is 4.10. The highest BCUT2D eigenvalue weighted by Crippen LogP contribution is 2.28. The predicted molar refractivity (Wildman–Crippen MR) is 92.9 cm³/mol. The summed E-state index contributed by atoms with van der Waals surface area (Å²) in [6.45, 7) is 5.86. The minimum atomic E-state index is -0.301. The summed E-state index contributed by atoms with van der Waals surface area (Å²) in [7, 11) is 1.54. The van der Waals surface area contributed by atoms with Crippen molar-refractivity contribution in [2.75, 3.05) is 7.11 Å². The van der Waals surface area contributed by atoms with E-state index in [2.05, 4.69) is 10.5 Å². The van der Waals surface area contributed by atoms with Gasteiger partial charge < -0.3 is 9.47 Å². The molecule has 0 aliphatic heterocycles. The maximum atomic E-state index is 12.1. The van der Waals surface area contributed by atoms with Crippen LogP contribution in [0.1, 0.15) is 34.6 Å². The molecule has 0 saturated heterocycles. The molecule has 6 heteroatoms. The van der Waals surface area contributed by atoms with Crippen molar-refractivity contribution in [3.8, 4) is 11.5 Å². The van der Waals surface area contributed by atoms with Crippen molar-refractivity contribution in [1.29, 1.82) is 0 Å². The molecule has 2 rings (SSSR count). The number of ether oxygens (including phenoxy) is 2. The number of thiophene rings is 1. The molecule has 0 atom stereocenters. The van der Waals surface area contributed by atoms with Gasteiger partial charge in [0, 0.05) is 10.4 Å². The quantitative estimate of drug-likeness (QED) is 0.649. The second-order valence-corrected chi connectivity index (χ2v) is 6.15. The van der Waals surface area contributed by atoms with Crippen LogP contribution >= 0.6 is 11.3 Å². The van der Waals surface area contributed by atoms with Gasteiger partial charge in [-0.1, -0.05) is 0 Å². The number of hydrogen-bond acceptors (Lipinski definition) is 5. The molecule has 1 aromatic carbocycles. The first kappa shape index (κ1) is 17.0. The van der Waals surface area contributed by atoms with E-state index in [1.807, 2.05) is 32.2 Å². The third kappa shape index (κ3) is 4.56. The molecule has 23 heavy (non-hydrogen) atoms. The summed E-state index contributed by atoms with van der Waals surface area (Å²) in [4.78, 5) is 13.2. The van der Waals surface area contributed by atoms with Crippen molar-refractivity contribution in [2.45, 2.75) is 26.9 Å². The number of hydrazone groups is 1. The molecular weight excluding hydrogens is 312 g/mol. The molecule has 0 bridgehead atoms. The van der Waals surface area contributed by atoms with Crippen LogP contribution in [0.15, 0.2) is 34.7 Å². The summed E-state index contributed by atoms with van der Waals surface area (Å²) in [6.07, 6.45) is 1.67. The summed E-state index contributed by atoms with van der Waals surface area (Å²) in [5, 5.41) is 5.97. The van der Waals surface area contributed by atoms with Gasteiger partial charge in [-0.15, -0.1) is 11.3 Å². The minimum absolute atomic E-state index is 0.0298. The molecule has 122 valence electrons. The van der Waals surface area contributed by atoms with Gasteiger partial charge in [0.2, 0.25) is 0 Å². The lowest BCUT2D eigenvalue weighted by molar-refractivity contribution is 0.0954. The van der Waals surface area contributed by atoms with E-state index >= 15 is 0 Å². The van der Waals surface area contributed by atoms with E-state index in [0.717, 1.165) is 10.4 Å². The SMILES string of the molecule is COc1cc(C(=O)N/N=C\c2sccc2C)ccc1OC(C)C. The lowest BCUT2D eigenvalue weighted by atomic mass is 10.2. The number of methoxy groups -OCH3 is 1. The first-order valence-electron chi connectivity index (χ1n) is 7.23. The number of nitrogens with zero attached hydrogens (tertiary/aromatic N) is 1. The molecule has 5 nitrogen and oxygen atoms in total. The summed E-state index contributed by atoms with van der Waals surface area (Å²) in [5.74, 6) is 0.825. The van der Waals surface area contributed by atoms with Gasteiger partial charge >= 0.3 is 0 Å². The Bertz CT molecular complexity index is 708. The van der Waals surface area contributed by atoms with Gasteiger partial charge in [-0.25, -0.2) is 5.43 Å². The van der Waals surface area contributed by atoms with Crippen LogP contribution in [0.3, 0.4) is 0 Å². The number of amides is 1. The fourth-order valence-corrected chi connectivity index (χ4v) is 2.68. The minimum Gasteiger partial charge on any atom is -0.493 e. The molecule has 1 amide bonds. The molecule has 0 radical (unpaired) electrons. The Balaban J connectivity index is 2.07.